The van der Waals surface area contributed by atoms with Crippen molar-refractivity contribution in [2.45, 2.75) is 43.5 Å². The maximum Gasteiger partial charge on any atom is 0.326 e. The van der Waals surface area contributed by atoms with E-state index < -0.39 is 27.9 Å². The number of carbonyl (C=O) groups excluding carboxylic acids is 1. The van der Waals surface area contributed by atoms with Crippen LogP contribution in [-0.2, 0) is 26.7 Å². The molecule has 5 aromatic carbocycles. The second-order valence-corrected chi connectivity index (χ2v) is 14.4. The minimum absolute atomic E-state index is 0.0120. The predicted molar refractivity (Wildman–Crippen MR) is 188 cm³/mol. The Hall–Kier alpha value is -5.12. The number of carbonyl (C=O) groups is 2. The molecule has 0 aromatic heterocycles. The molecule has 5 rings (SSSR count). The lowest BCUT2D eigenvalue weighted by Crippen LogP contribution is -2.42. The molecule has 0 bridgehead atoms. The molecule has 246 valence electrons. The number of hydrogen-bond acceptors (Lipinski definition) is 5. The van der Waals surface area contributed by atoms with Gasteiger partial charge in [-0.25, -0.2) is 13.2 Å². The molecule has 0 aliphatic rings. The fourth-order valence-corrected chi connectivity index (χ4v) is 6.28. The number of sulfonamides is 1. The standard InChI is InChI=1S/C38H35ClN2O6S/c1-38(2,3)27-17-20-30(21-18-27)48(45,46)41-33-22-19-28(39)24-32(33)36(42)40-34(37(43)44)23-25-13-15-26(16-14-25)31-11-7-8-12-35(31)47-29-9-5-4-6-10-29/h4-22,24,34,41H,23H2,1-3H3,(H,40,42)(H,43,44). The zero-order chi connectivity index (χ0) is 34.5. The summed E-state index contributed by atoms with van der Waals surface area (Å²) in [5, 5.41) is 12.7. The molecule has 0 radical (unpaired) electrons. The SMILES string of the molecule is CC(C)(C)c1ccc(S(=O)(=O)Nc2ccc(Cl)cc2C(=O)NC(Cc2ccc(-c3ccccc3Oc3ccccc3)cc2)C(=O)O)cc1. The van der Waals surface area contributed by atoms with Crippen molar-refractivity contribution >= 4 is 39.2 Å². The van der Waals surface area contributed by atoms with E-state index in [-0.39, 0.29) is 33.0 Å². The molecule has 0 aliphatic heterocycles. The summed E-state index contributed by atoms with van der Waals surface area (Å²) in [5.41, 5.74) is 3.03. The molecule has 1 amide bonds. The number of ether oxygens (including phenoxy) is 1. The molecule has 0 saturated heterocycles. The number of carboxylic acid groups (broad SMARTS) is 1. The molecule has 1 unspecified atom stereocenters. The van der Waals surface area contributed by atoms with Gasteiger partial charge in [0.25, 0.3) is 15.9 Å². The number of anilines is 1. The van der Waals surface area contributed by atoms with Crippen LogP contribution in [0.2, 0.25) is 5.02 Å². The second-order valence-electron chi connectivity index (χ2n) is 12.2. The van der Waals surface area contributed by atoms with Crippen molar-refractivity contribution in [1.29, 1.82) is 0 Å². The summed E-state index contributed by atoms with van der Waals surface area (Å²) in [6, 6.07) is 33.6. The van der Waals surface area contributed by atoms with Crippen LogP contribution in [0.25, 0.3) is 11.1 Å². The van der Waals surface area contributed by atoms with E-state index in [2.05, 4.69) is 10.0 Å². The van der Waals surface area contributed by atoms with Gasteiger partial charge in [0.2, 0.25) is 0 Å². The average molecular weight is 683 g/mol. The number of rotatable bonds is 11. The smallest absolute Gasteiger partial charge is 0.326 e. The highest BCUT2D eigenvalue weighted by atomic mass is 35.5. The summed E-state index contributed by atoms with van der Waals surface area (Å²) in [5.74, 6) is -0.680. The Kier molecular flexibility index (Phi) is 10.2. The minimum Gasteiger partial charge on any atom is -0.480 e. The Morgan fingerprint density at radius 3 is 2.12 bits per heavy atom. The first-order chi connectivity index (χ1) is 22.8. The van der Waals surface area contributed by atoms with Gasteiger partial charge in [-0.1, -0.05) is 105 Å². The van der Waals surface area contributed by atoms with Gasteiger partial charge in [-0.05, 0) is 70.6 Å². The van der Waals surface area contributed by atoms with E-state index in [4.69, 9.17) is 16.3 Å². The maximum absolute atomic E-state index is 13.4. The zero-order valence-corrected chi connectivity index (χ0v) is 28.2. The number of benzene rings is 5. The highest BCUT2D eigenvalue weighted by molar-refractivity contribution is 7.92. The molecule has 0 heterocycles. The molecule has 3 N–H and O–H groups in total. The van der Waals surface area contributed by atoms with E-state index in [1.54, 1.807) is 24.3 Å². The predicted octanol–water partition coefficient (Wildman–Crippen LogP) is 8.32. The molecule has 8 nitrogen and oxygen atoms in total. The summed E-state index contributed by atoms with van der Waals surface area (Å²) in [6.07, 6.45) is -0.0226. The molecule has 0 fully saturated rings. The van der Waals surface area contributed by atoms with Crippen LogP contribution in [0.3, 0.4) is 0 Å². The Morgan fingerprint density at radius 2 is 1.48 bits per heavy atom. The summed E-state index contributed by atoms with van der Waals surface area (Å²) < 4.78 is 35.1. The molecule has 0 aliphatic carbocycles. The van der Waals surface area contributed by atoms with Gasteiger partial charge in [-0.15, -0.1) is 0 Å². The number of para-hydroxylation sites is 2. The monoisotopic (exact) mass is 682 g/mol. The number of amides is 1. The van der Waals surface area contributed by atoms with Crippen molar-refractivity contribution < 1.29 is 27.9 Å². The van der Waals surface area contributed by atoms with Crippen LogP contribution < -0.4 is 14.8 Å². The number of aliphatic carboxylic acids is 1. The Balaban J connectivity index is 1.32. The van der Waals surface area contributed by atoms with Gasteiger partial charge in [0.05, 0.1) is 16.1 Å². The van der Waals surface area contributed by atoms with Gasteiger partial charge >= 0.3 is 5.97 Å². The Labute approximate surface area is 285 Å². The summed E-state index contributed by atoms with van der Waals surface area (Å²) in [6.45, 7) is 6.07. The first kappa shape index (κ1) is 34.2. The molecule has 10 heteroatoms. The van der Waals surface area contributed by atoms with Crippen LogP contribution in [0.15, 0.2) is 126 Å². The van der Waals surface area contributed by atoms with Gasteiger partial charge in [-0.3, -0.25) is 9.52 Å². The highest BCUT2D eigenvalue weighted by Gasteiger charge is 2.25. The lowest BCUT2D eigenvalue weighted by atomic mass is 9.87. The van der Waals surface area contributed by atoms with Crippen molar-refractivity contribution in [2.24, 2.45) is 0 Å². The van der Waals surface area contributed by atoms with Crippen molar-refractivity contribution in [2.75, 3.05) is 4.72 Å². The van der Waals surface area contributed by atoms with E-state index in [1.807, 2.05) is 87.5 Å². The van der Waals surface area contributed by atoms with E-state index in [9.17, 15) is 23.1 Å². The quantitative estimate of drug-likeness (QED) is 0.129. The third-order valence-electron chi connectivity index (χ3n) is 7.67. The van der Waals surface area contributed by atoms with Crippen LogP contribution in [-0.4, -0.2) is 31.4 Å². The van der Waals surface area contributed by atoms with E-state index in [1.165, 1.54) is 30.3 Å². The van der Waals surface area contributed by atoms with Crippen LogP contribution in [0.5, 0.6) is 11.5 Å². The lowest BCUT2D eigenvalue weighted by molar-refractivity contribution is -0.139. The maximum atomic E-state index is 13.4. The van der Waals surface area contributed by atoms with E-state index >= 15 is 0 Å². The molecule has 1 atom stereocenters. The number of halogens is 1. The molecular formula is C38H35ClN2O6S. The Morgan fingerprint density at radius 1 is 0.833 bits per heavy atom. The Bertz CT molecular complexity index is 2030. The highest BCUT2D eigenvalue weighted by Crippen LogP contribution is 2.33. The number of carboxylic acids is 1. The molecule has 0 spiro atoms. The van der Waals surface area contributed by atoms with Crippen molar-refractivity contribution in [3.8, 4) is 22.6 Å². The zero-order valence-electron chi connectivity index (χ0n) is 26.6. The van der Waals surface area contributed by atoms with Crippen molar-refractivity contribution in [1.82, 2.24) is 5.32 Å². The lowest BCUT2D eigenvalue weighted by Gasteiger charge is -2.20. The van der Waals surface area contributed by atoms with Gasteiger partial charge in [-0.2, -0.15) is 0 Å². The van der Waals surface area contributed by atoms with Crippen molar-refractivity contribution in [3.05, 3.63) is 143 Å². The summed E-state index contributed by atoms with van der Waals surface area (Å²) >= 11 is 6.18. The van der Waals surface area contributed by atoms with Crippen molar-refractivity contribution in [3.63, 3.8) is 0 Å². The molecule has 5 aromatic rings. The van der Waals surface area contributed by atoms with E-state index in [0.717, 1.165) is 16.7 Å². The third kappa shape index (κ3) is 8.42. The minimum atomic E-state index is -4.08. The first-order valence-corrected chi connectivity index (χ1v) is 17.0. The fraction of sp³-hybridized carbons (Fsp3) is 0.158. The van der Waals surface area contributed by atoms with Crippen LogP contribution in [0, 0.1) is 0 Å². The first-order valence-electron chi connectivity index (χ1n) is 15.2. The normalized spacial score (nSPS) is 12.2. The summed E-state index contributed by atoms with van der Waals surface area (Å²) in [4.78, 5) is 25.7. The average Bonchev–Trinajstić information content (AvgIpc) is 3.06. The van der Waals surface area contributed by atoms with E-state index in [0.29, 0.717) is 17.1 Å². The van der Waals surface area contributed by atoms with Gasteiger partial charge in [0, 0.05) is 17.0 Å². The molecular weight excluding hydrogens is 648 g/mol. The number of hydrogen-bond donors (Lipinski definition) is 3. The largest absolute Gasteiger partial charge is 0.480 e. The summed E-state index contributed by atoms with van der Waals surface area (Å²) in [7, 11) is -4.08. The van der Waals surface area contributed by atoms with Gasteiger partial charge in [0.15, 0.2) is 0 Å². The van der Waals surface area contributed by atoms with Gasteiger partial charge in [0.1, 0.15) is 17.5 Å². The molecule has 48 heavy (non-hydrogen) atoms. The van der Waals surface area contributed by atoms with Crippen LogP contribution in [0.1, 0.15) is 42.3 Å². The van der Waals surface area contributed by atoms with Crippen LogP contribution >= 0.6 is 11.6 Å². The number of nitrogens with one attached hydrogen (secondary N) is 2. The second kappa shape index (κ2) is 14.3. The topological polar surface area (TPSA) is 122 Å². The molecule has 0 saturated carbocycles. The van der Waals surface area contributed by atoms with Crippen LogP contribution in [0.4, 0.5) is 5.69 Å². The fourth-order valence-electron chi connectivity index (χ4n) is 5.03. The third-order valence-corrected chi connectivity index (χ3v) is 9.28. The van der Waals surface area contributed by atoms with Gasteiger partial charge < -0.3 is 15.2 Å².